The largest absolute Gasteiger partial charge is 0.396 e. The Kier molecular flexibility index (Phi) is 3.45. The van der Waals surface area contributed by atoms with Crippen molar-refractivity contribution >= 4 is 0 Å². The molecule has 0 saturated heterocycles. The lowest BCUT2D eigenvalue weighted by molar-refractivity contribution is 0.108. The molecule has 0 unspecified atom stereocenters. The normalized spacial score (nSPS) is 27.2. The van der Waals surface area contributed by atoms with E-state index in [1.165, 1.54) is 51.4 Å². The van der Waals surface area contributed by atoms with Crippen LogP contribution in [0.4, 0.5) is 0 Å². The Morgan fingerprint density at radius 1 is 1.07 bits per heavy atom. The summed E-state index contributed by atoms with van der Waals surface area (Å²) in [5, 5.41) is 12.9. The second-order valence-corrected chi connectivity index (χ2v) is 5.09. The number of rotatable bonds is 4. The third kappa shape index (κ3) is 2.29. The van der Waals surface area contributed by atoms with Gasteiger partial charge in [0.05, 0.1) is 0 Å². The summed E-state index contributed by atoms with van der Waals surface area (Å²) in [5.41, 5.74) is 0.330. The second-order valence-electron chi connectivity index (χ2n) is 5.09. The molecule has 2 nitrogen and oxygen atoms in total. The average molecular weight is 197 g/mol. The van der Waals surface area contributed by atoms with Gasteiger partial charge in [0.15, 0.2) is 0 Å². The Hall–Kier alpha value is -0.0800. The molecule has 2 rings (SSSR count). The smallest absolute Gasteiger partial charge is 0.0448 e. The van der Waals surface area contributed by atoms with Crippen molar-refractivity contribution in [2.45, 2.75) is 69.4 Å². The Labute approximate surface area is 87.1 Å². The average Bonchev–Trinajstić information content (AvgIpc) is 2.16. The fraction of sp³-hybridized carbons (Fsp3) is 1.00. The predicted octanol–water partition coefficient (Wildman–Crippen LogP) is 2.21. The lowest BCUT2D eigenvalue weighted by Crippen LogP contribution is -2.55. The van der Waals surface area contributed by atoms with E-state index in [0.717, 1.165) is 12.5 Å². The minimum absolute atomic E-state index is 0.330. The van der Waals surface area contributed by atoms with E-state index in [2.05, 4.69) is 5.32 Å². The summed E-state index contributed by atoms with van der Waals surface area (Å²) >= 11 is 0. The maximum atomic E-state index is 9.06. The van der Waals surface area contributed by atoms with Gasteiger partial charge in [-0.25, -0.2) is 0 Å². The molecule has 0 radical (unpaired) electrons. The fourth-order valence-corrected chi connectivity index (χ4v) is 2.96. The zero-order valence-electron chi connectivity index (χ0n) is 9.10. The van der Waals surface area contributed by atoms with Crippen LogP contribution in [-0.2, 0) is 0 Å². The van der Waals surface area contributed by atoms with Gasteiger partial charge < -0.3 is 10.4 Å². The van der Waals surface area contributed by atoms with Gasteiger partial charge in [0.25, 0.3) is 0 Å². The van der Waals surface area contributed by atoms with Crippen molar-refractivity contribution in [1.82, 2.24) is 5.32 Å². The third-order valence-corrected chi connectivity index (χ3v) is 4.02. The van der Waals surface area contributed by atoms with E-state index < -0.39 is 0 Å². The Bertz CT molecular complexity index is 171. The molecule has 2 N–H and O–H groups in total. The molecule has 2 fully saturated rings. The van der Waals surface area contributed by atoms with Gasteiger partial charge in [-0.05, 0) is 38.5 Å². The summed E-state index contributed by atoms with van der Waals surface area (Å²) in [6, 6.07) is 0.746. The van der Waals surface area contributed by atoms with Crippen molar-refractivity contribution in [3.63, 3.8) is 0 Å². The molecule has 82 valence electrons. The standard InChI is InChI=1S/C12H23NO/c14-10-9-12(7-4-8-12)13-11-5-2-1-3-6-11/h11,13-14H,1-10H2. The van der Waals surface area contributed by atoms with Gasteiger partial charge in [-0.1, -0.05) is 19.3 Å². The highest BCUT2D eigenvalue weighted by Crippen LogP contribution is 2.36. The van der Waals surface area contributed by atoms with Crippen molar-refractivity contribution in [2.24, 2.45) is 0 Å². The van der Waals surface area contributed by atoms with Gasteiger partial charge in [0.2, 0.25) is 0 Å². The maximum absolute atomic E-state index is 9.06. The summed E-state index contributed by atoms with van der Waals surface area (Å²) in [4.78, 5) is 0. The molecule has 2 aliphatic rings. The van der Waals surface area contributed by atoms with Crippen LogP contribution in [0.3, 0.4) is 0 Å². The zero-order valence-corrected chi connectivity index (χ0v) is 9.10. The molecule has 2 saturated carbocycles. The molecule has 0 heterocycles. The van der Waals surface area contributed by atoms with E-state index in [-0.39, 0.29) is 0 Å². The minimum Gasteiger partial charge on any atom is -0.396 e. The highest BCUT2D eigenvalue weighted by atomic mass is 16.3. The third-order valence-electron chi connectivity index (χ3n) is 4.02. The molecule has 2 heteroatoms. The lowest BCUT2D eigenvalue weighted by Gasteiger charge is -2.46. The number of aliphatic hydroxyl groups is 1. The molecule has 0 aromatic rings. The van der Waals surface area contributed by atoms with Gasteiger partial charge in [-0.15, -0.1) is 0 Å². The second kappa shape index (κ2) is 4.63. The van der Waals surface area contributed by atoms with E-state index in [9.17, 15) is 0 Å². The highest BCUT2D eigenvalue weighted by molar-refractivity contribution is 4.97. The molecule has 0 aromatic heterocycles. The fourth-order valence-electron chi connectivity index (χ4n) is 2.96. The molecule has 2 aliphatic carbocycles. The summed E-state index contributed by atoms with van der Waals surface area (Å²) < 4.78 is 0. The first kappa shape index (κ1) is 10.4. The van der Waals surface area contributed by atoms with Crippen molar-refractivity contribution in [3.8, 4) is 0 Å². The first-order chi connectivity index (χ1) is 6.85. The molecule has 0 atom stereocenters. The minimum atomic E-state index is 0.330. The molecule has 0 bridgehead atoms. The van der Waals surface area contributed by atoms with E-state index in [1.807, 2.05) is 0 Å². The van der Waals surface area contributed by atoms with Gasteiger partial charge in [0.1, 0.15) is 0 Å². The van der Waals surface area contributed by atoms with E-state index in [4.69, 9.17) is 5.11 Å². The monoisotopic (exact) mass is 197 g/mol. The van der Waals surface area contributed by atoms with E-state index >= 15 is 0 Å². The van der Waals surface area contributed by atoms with Crippen LogP contribution in [0, 0.1) is 0 Å². The van der Waals surface area contributed by atoms with Crippen molar-refractivity contribution in [2.75, 3.05) is 6.61 Å². The van der Waals surface area contributed by atoms with Crippen molar-refractivity contribution in [1.29, 1.82) is 0 Å². The Morgan fingerprint density at radius 2 is 1.79 bits per heavy atom. The molecule has 14 heavy (non-hydrogen) atoms. The first-order valence-corrected chi connectivity index (χ1v) is 6.23. The molecular weight excluding hydrogens is 174 g/mol. The Morgan fingerprint density at radius 3 is 2.29 bits per heavy atom. The van der Waals surface area contributed by atoms with Crippen LogP contribution in [0.15, 0.2) is 0 Å². The summed E-state index contributed by atoms with van der Waals surface area (Å²) in [6.45, 7) is 0.347. The van der Waals surface area contributed by atoms with Gasteiger partial charge in [-0.2, -0.15) is 0 Å². The lowest BCUT2D eigenvalue weighted by atomic mass is 9.73. The van der Waals surface area contributed by atoms with Crippen molar-refractivity contribution < 1.29 is 5.11 Å². The topological polar surface area (TPSA) is 32.3 Å². The molecule has 0 amide bonds. The summed E-state index contributed by atoms with van der Waals surface area (Å²) in [7, 11) is 0. The van der Waals surface area contributed by atoms with Crippen LogP contribution in [0.25, 0.3) is 0 Å². The summed E-state index contributed by atoms with van der Waals surface area (Å²) in [6.07, 6.45) is 11.8. The highest BCUT2D eigenvalue weighted by Gasteiger charge is 2.37. The van der Waals surface area contributed by atoms with Crippen LogP contribution >= 0.6 is 0 Å². The summed E-state index contributed by atoms with van der Waals surface area (Å²) in [5.74, 6) is 0. The molecule has 0 aliphatic heterocycles. The maximum Gasteiger partial charge on any atom is 0.0448 e. The van der Waals surface area contributed by atoms with Crippen LogP contribution in [0.1, 0.15) is 57.8 Å². The number of nitrogens with one attached hydrogen (secondary N) is 1. The quantitative estimate of drug-likeness (QED) is 0.724. The van der Waals surface area contributed by atoms with Crippen LogP contribution < -0.4 is 5.32 Å². The molecule has 0 aromatic carbocycles. The zero-order chi connectivity index (χ0) is 9.86. The SMILES string of the molecule is OCCC1(NC2CCCCC2)CCC1. The van der Waals surface area contributed by atoms with Crippen LogP contribution in [0.2, 0.25) is 0 Å². The van der Waals surface area contributed by atoms with Crippen LogP contribution in [0.5, 0.6) is 0 Å². The molecule has 0 spiro atoms. The van der Waals surface area contributed by atoms with E-state index in [1.54, 1.807) is 0 Å². The van der Waals surface area contributed by atoms with Crippen LogP contribution in [-0.4, -0.2) is 23.3 Å². The van der Waals surface area contributed by atoms with Gasteiger partial charge in [-0.3, -0.25) is 0 Å². The first-order valence-electron chi connectivity index (χ1n) is 6.23. The Balaban J connectivity index is 1.80. The van der Waals surface area contributed by atoms with Crippen molar-refractivity contribution in [3.05, 3.63) is 0 Å². The van der Waals surface area contributed by atoms with Gasteiger partial charge in [0, 0.05) is 18.2 Å². The van der Waals surface area contributed by atoms with E-state index in [0.29, 0.717) is 12.1 Å². The predicted molar refractivity (Wildman–Crippen MR) is 58.3 cm³/mol. The number of hydrogen-bond acceptors (Lipinski definition) is 2. The van der Waals surface area contributed by atoms with Gasteiger partial charge >= 0.3 is 0 Å². The number of hydrogen-bond donors (Lipinski definition) is 2. The number of aliphatic hydroxyl groups excluding tert-OH is 1. The molecular formula is C12H23NO.